The van der Waals surface area contributed by atoms with Crippen molar-refractivity contribution in [2.45, 2.75) is 30.3 Å². The van der Waals surface area contributed by atoms with E-state index in [-0.39, 0.29) is 18.1 Å². The third-order valence-corrected chi connectivity index (χ3v) is 5.84. The van der Waals surface area contributed by atoms with E-state index in [0.29, 0.717) is 44.8 Å². The Morgan fingerprint density at radius 2 is 2.03 bits per heavy atom. The van der Waals surface area contributed by atoms with Crippen molar-refractivity contribution >= 4 is 57.5 Å². The fourth-order valence-electron chi connectivity index (χ4n) is 2.70. The Balaban J connectivity index is 1.87. The van der Waals surface area contributed by atoms with Crippen LogP contribution in [-0.4, -0.2) is 32.4 Å². The van der Waals surface area contributed by atoms with Crippen LogP contribution in [0.3, 0.4) is 0 Å². The smallest absolute Gasteiger partial charge is 0.262 e. The normalized spacial score (nSPS) is 12.1. The number of thioether (sulfide) groups is 1. The van der Waals surface area contributed by atoms with Crippen LogP contribution in [0, 0.1) is 0 Å². The molecule has 1 amide bonds. The number of nitrogens with one attached hydrogen (secondary N) is 1. The molecule has 1 heterocycles. The molecule has 1 atom stereocenters. The van der Waals surface area contributed by atoms with E-state index < -0.39 is 5.25 Å². The van der Waals surface area contributed by atoms with Crippen molar-refractivity contribution in [3.05, 3.63) is 62.9 Å². The number of carbonyl (C=O) groups is 1. The van der Waals surface area contributed by atoms with Crippen molar-refractivity contribution in [3.8, 4) is 0 Å². The topological polar surface area (TPSA) is 84.2 Å². The fourth-order valence-corrected chi connectivity index (χ4v) is 4.09. The molecule has 0 radical (unpaired) electrons. The number of hydrogen-bond acceptors (Lipinski definition) is 5. The summed E-state index contributed by atoms with van der Waals surface area (Å²) in [5.74, 6) is -0.282. The van der Waals surface area contributed by atoms with Crippen LogP contribution in [0.1, 0.15) is 13.3 Å². The van der Waals surface area contributed by atoms with Crippen molar-refractivity contribution in [2.24, 2.45) is 0 Å². The zero-order chi connectivity index (χ0) is 21.0. The number of amides is 1. The summed E-state index contributed by atoms with van der Waals surface area (Å²) in [6, 6.07) is 11.9. The number of aliphatic hydroxyl groups excluding tert-OH is 1. The van der Waals surface area contributed by atoms with Gasteiger partial charge in [-0.1, -0.05) is 47.1 Å². The number of anilines is 1. The Bertz CT molecular complexity index is 1100. The van der Waals surface area contributed by atoms with Crippen molar-refractivity contribution in [1.29, 1.82) is 0 Å². The maximum Gasteiger partial charge on any atom is 0.262 e. The summed E-state index contributed by atoms with van der Waals surface area (Å²) in [6.45, 7) is 1.99. The Hall–Kier alpha value is -2.06. The van der Waals surface area contributed by atoms with E-state index in [4.69, 9.17) is 23.2 Å². The first-order valence-electron chi connectivity index (χ1n) is 8.93. The minimum atomic E-state index is -0.546. The molecule has 0 saturated carbocycles. The molecule has 0 bridgehead atoms. The maximum absolute atomic E-state index is 12.9. The highest BCUT2D eigenvalue weighted by Crippen LogP contribution is 2.28. The number of hydrogen-bond donors (Lipinski definition) is 2. The van der Waals surface area contributed by atoms with Crippen molar-refractivity contribution in [3.63, 3.8) is 0 Å². The highest BCUT2D eigenvalue weighted by atomic mass is 35.5. The molecular formula is C20H19Cl2N3O3S. The molecular weight excluding hydrogens is 433 g/mol. The van der Waals surface area contributed by atoms with Gasteiger partial charge in [0.05, 0.1) is 26.9 Å². The zero-order valence-corrected chi connectivity index (χ0v) is 17.9. The number of aromatic nitrogens is 2. The van der Waals surface area contributed by atoms with Gasteiger partial charge in [0, 0.05) is 18.2 Å². The van der Waals surface area contributed by atoms with Gasteiger partial charge in [0.1, 0.15) is 0 Å². The molecule has 1 aromatic heterocycles. The SMILES string of the molecule is CC(Sc1nc2ccccc2c(=O)n1CCCO)C(=O)Nc1ccc(Cl)cc1Cl. The summed E-state index contributed by atoms with van der Waals surface area (Å²) in [4.78, 5) is 30.1. The van der Waals surface area contributed by atoms with E-state index in [1.165, 1.54) is 16.3 Å². The van der Waals surface area contributed by atoms with Crippen LogP contribution in [0.25, 0.3) is 10.9 Å². The molecule has 2 N–H and O–H groups in total. The van der Waals surface area contributed by atoms with Gasteiger partial charge < -0.3 is 10.4 Å². The third-order valence-electron chi connectivity index (χ3n) is 4.21. The second-order valence-corrected chi connectivity index (χ2v) is 8.47. The second kappa shape index (κ2) is 9.63. The van der Waals surface area contributed by atoms with Crippen molar-refractivity contribution < 1.29 is 9.90 Å². The van der Waals surface area contributed by atoms with E-state index in [2.05, 4.69) is 10.3 Å². The minimum Gasteiger partial charge on any atom is -0.396 e. The molecule has 9 heteroatoms. The molecule has 0 aliphatic carbocycles. The fraction of sp³-hybridized carbons (Fsp3) is 0.250. The average Bonchev–Trinajstić information content (AvgIpc) is 2.70. The Morgan fingerprint density at radius 3 is 2.76 bits per heavy atom. The van der Waals surface area contributed by atoms with Crippen LogP contribution < -0.4 is 10.9 Å². The van der Waals surface area contributed by atoms with Gasteiger partial charge in [0.25, 0.3) is 5.56 Å². The van der Waals surface area contributed by atoms with Crippen LogP contribution in [0.2, 0.25) is 10.0 Å². The van der Waals surface area contributed by atoms with Gasteiger partial charge in [-0.25, -0.2) is 4.98 Å². The molecule has 3 rings (SSSR count). The third kappa shape index (κ3) is 5.11. The Kier molecular flexibility index (Phi) is 7.18. The predicted octanol–water partition coefficient (Wildman–Crippen LogP) is 4.21. The number of para-hydroxylation sites is 1. The number of nitrogens with zero attached hydrogens (tertiary/aromatic N) is 2. The van der Waals surface area contributed by atoms with Gasteiger partial charge in [-0.05, 0) is 43.7 Å². The van der Waals surface area contributed by atoms with E-state index in [1.54, 1.807) is 49.4 Å². The van der Waals surface area contributed by atoms with Crippen LogP contribution in [0.5, 0.6) is 0 Å². The van der Waals surface area contributed by atoms with Crippen LogP contribution in [0.4, 0.5) is 5.69 Å². The largest absolute Gasteiger partial charge is 0.396 e. The quantitative estimate of drug-likeness (QED) is 0.415. The molecule has 0 aliphatic heterocycles. The van der Waals surface area contributed by atoms with Gasteiger partial charge in [-0.3, -0.25) is 14.2 Å². The summed E-state index contributed by atoms with van der Waals surface area (Å²) in [5.41, 5.74) is 0.825. The predicted molar refractivity (Wildman–Crippen MR) is 118 cm³/mol. The van der Waals surface area contributed by atoms with E-state index in [0.717, 1.165) is 0 Å². The molecule has 152 valence electrons. The lowest BCUT2D eigenvalue weighted by Crippen LogP contribution is -2.27. The molecule has 3 aromatic rings. The molecule has 6 nitrogen and oxygen atoms in total. The molecule has 1 unspecified atom stereocenters. The first kappa shape index (κ1) is 21.6. The summed E-state index contributed by atoms with van der Waals surface area (Å²) in [7, 11) is 0. The number of fused-ring (bicyclic) bond motifs is 1. The number of halogens is 2. The molecule has 0 fully saturated rings. The molecule has 0 spiro atoms. The van der Waals surface area contributed by atoms with Gasteiger partial charge in [-0.15, -0.1) is 0 Å². The Labute approximate surface area is 181 Å². The highest BCUT2D eigenvalue weighted by Gasteiger charge is 2.20. The lowest BCUT2D eigenvalue weighted by Gasteiger charge is -2.16. The van der Waals surface area contributed by atoms with E-state index >= 15 is 0 Å². The number of benzene rings is 2. The van der Waals surface area contributed by atoms with Gasteiger partial charge >= 0.3 is 0 Å². The lowest BCUT2D eigenvalue weighted by molar-refractivity contribution is -0.115. The van der Waals surface area contributed by atoms with Gasteiger partial charge in [0.2, 0.25) is 5.91 Å². The van der Waals surface area contributed by atoms with E-state index in [9.17, 15) is 14.7 Å². The standard InChI is InChI=1S/C20H19Cl2N3O3S/c1-12(18(27)23-17-8-7-13(21)11-15(17)22)29-20-24-16-6-3-2-5-14(16)19(28)25(20)9-4-10-26/h2-3,5-8,11-12,26H,4,9-10H2,1H3,(H,23,27). The first-order valence-corrected chi connectivity index (χ1v) is 10.6. The second-order valence-electron chi connectivity index (χ2n) is 6.32. The summed E-state index contributed by atoms with van der Waals surface area (Å²) in [6.07, 6.45) is 0.411. The number of aliphatic hydroxyl groups is 1. The summed E-state index contributed by atoms with van der Waals surface area (Å²) >= 11 is 13.2. The molecule has 0 aliphatic rings. The summed E-state index contributed by atoms with van der Waals surface area (Å²) in [5, 5.41) is 13.1. The van der Waals surface area contributed by atoms with Gasteiger partial charge in [-0.2, -0.15) is 0 Å². The monoisotopic (exact) mass is 451 g/mol. The van der Waals surface area contributed by atoms with E-state index in [1.807, 2.05) is 0 Å². The van der Waals surface area contributed by atoms with Crippen molar-refractivity contribution in [2.75, 3.05) is 11.9 Å². The molecule has 29 heavy (non-hydrogen) atoms. The average molecular weight is 452 g/mol. The van der Waals surface area contributed by atoms with Crippen LogP contribution >= 0.6 is 35.0 Å². The van der Waals surface area contributed by atoms with Crippen LogP contribution in [-0.2, 0) is 11.3 Å². The lowest BCUT2D eigenvalue weighted by atomic mass is 10.2. The highest BCUT2D eigenvalue weighted by molar-refractivity contribution is 8.00. The van der Waals surface area contributed by atoms with Crippen LogP contribution in [0.15, 0.2) is 52.4 Å². The van der Waals surface area contributed by atoms with Gasteiger partial charge in [0.15, 0.2) is 5.16 Å². The minimum absolute atomic E-state index is 0.0471. The first-order chi connectivity index (χ1) is 13.9. The zero-order valence-electron chi connectivity index (χ0n) is 15.6. The maximum atomic E-state index is 12.9. The Morgan fingerprint density at radius 1 is 1.28 bits per heavy atom. The molecule has 0 saturated heterocycles. The summed E-state index contributed by atoms with van der Waals surface area (Å²) < 4.78 is 1.50. The molecule has 2 aromatic carbocycles. The number of carbonyl (C=O) groups excluding carboxylic acids is 1. The number of rotatable bonds is 7. The van der Waals surface area contributed by atoms with Crippen molar-refractivity contribution in [1.82, 2.24) is 9.55 Å².